The average molecular weight is 257 g/mol. The second-order valence-corrected chi connectivity index (χ2v) is 6.05. The van der Waals surface area contributed by atoms with Gasteiger partial charge in [0.1, 0.15) is 0 Å². The Hall–Kier alpha value is -1.07. The molecule has 0 fully saturated rings. The molecule has 0 bridgehead atoms. The monoisotopic (exact) mass is 257 g/mol. The maximum atomic E-state index is 12.0. The molecule has 0 aliphatic rings. The summed E-state index contributed by atoms with van der Waals surface area (Å²) in [6.07, 6.45) is 0.882. The maximum Gasteiger partial charge on any atom is 0.182 e. The molecule has 0 atom stereocenters. The summed E-state index contributed by atoms with van der Waals surface area (Å²) in [4.78, 5) is 0.197. The molecule has 4 nitrogen and oxygen atoms in total. The van der Waals surface area contributed by atoms with Gasteiger partial charge in [0.25, 0.3) is 0 Å². The molecule has 0 spiro atoms. The zero-order valence-corrected chi connectivity index (χ0v) is 11.1. The van der Waals surface area contributed by atoms with Crippen molar-refractivity contribution in [3.05, 3.63) is 23.8 Å². The summed E-state index contributed by atoms with van der Waals surface area (Å²) in [5, 5.41) is 0. The third-order valence-electron chi connectivity index (χ3n) is 2.35. The van der Waals surface area contributed by atoms with E-state index in [9.17, 15) is 8.42 Å². The van der Waals surface area contributed by atoms with Crippen molar-refractivity contribution in [2.24, 2.45) is 0 Å². The number of nitrogens with two attached hydrogens (primary N) is 1. The summed E-state index contributed by atoms with van der Waals surface area (Å²) in [6.45, 7) is 4.64. The Labute approximate surface area is 103 Å². The molecule has 1 rings (SSSR count). The number of nitrogen functional groups attached to an aromatic ring is 1. The van der Waals surface area contributed by atoms with Gasteiger partial charge in [0.2, 0.25) is 0 Å². The first-order valence-corrected chi connectivity index (χ1v) is 7.29. The molecule has 2 N–H and O–H groups in total. The second kappa shape index (κ2) is 6.02. The smallest absolute Gasteiger partial charge is 0.182 e. The lowest BCUT2D eigenvalue weighted by Gasteiger charge is -2.08. The highest BCUT2D eigenvalue weighted by Crippen LogP contribution is 2.20. The predicted molar refractivity (Wildman–Crippen MR) is 68.8 cm³/mol. The Morgan fingerprint density at radius 2 is 2.00 bits per heavy atom. The normalized spacial score (nSPS) is 11.6. The minimum absolute atomic E-state index is 0.0275. The van der Waals surface area contributed by atoms with Crippen molar-refractivity contribution in [3.63, 3.8) is 0 Å². The van der Waals surface area contributed by atoms with E-state index in [1.807, 2.05) is 13.8 Å². The summed E-state index contributed by atoms with van der Waals surface area (Å²) in [7, 11) is -3.34. The highest BCUT2D eigenvalue weighted by Gasteiger charge is 2.17. The molecule has 1 aromatic rings. The van der Waals surface area contributed by atoms with Crippen LogP contribution in [-0.2, 0) is 14.6 Å². The molecule has 0 aliphatic carbocycles. The molecule has 0 amide bonds. The molecule has 0 heterocycles. The van der Waals surface area contributed by atoms with E-state index < -0.39 is 9.84 Å². The van der Waals surface area contributed by atoms with Crippen LogP contribution in [0.15, 0.2) is 23.1 Å². The third-order valence-corrected chi connectivity index (χ3v) is 4.09. The molecule has 0 saturated heterocycles. The number of aryl methyl sites for hydroxylation is 1. The van der Waals surface area contributed by atoms with Crippen molar-refractivity contribution in [1.29, 1.82) is 0 Å². The van der Waals surface area contributed by atoms with Gasteiger partial charge in [0.15, 0.2) is 9.84 Å². The Kier molecular flexibility index (Phi) is 4.96. The van der Waals surface area contributed by atoms with E-state index in [1.54, 1.807) is 18.2 Å². The number of hydrogen-bond donors (Lipinski definition) is 1. The van der Waals surface area contributed by atoms with Crippen LogP contribution in [0, 0.1) is 6.92 Å². The van der Waals surface area contributed by atoms with Crippen molar-refractivity contribution in [2.45, 2.75) is 25.2 Å². The summed E-state index contributed by atoms with van der Waals surface area (Å²) in [5.41, 5.74) is 6.97. The van der Waals surface area contributed by atoms with Crippen LogP contribution in [0.4, 0.5) is 5.69 Å². The number of hydrogen-bond acceptors (Lipinski definition) is 4. The third kappa shape index (κ3) is 4.02. The number of ether oxygens (including phenoxy) is 1. The van der Waals surface area contributed by atoms with Crippen molar-refractivity contribution < 1.29 is 13.2 Å². The van der Waals surface area contributed by atoms with E-state index >= 15 is 0 Å². The molecule has 1 aromatic carbocycles. The SMILES string of the molecule is CCCOCCS(=O)(=O)c1ccc(C)cc1N. The Morgan fingerprint density at radius 1 is 1.29 bits per heavy atom. The molecular formula is C12H19NO3S. The first kappa shape index (κ1) is 14.0. The summed E-state index contributed by atoms with van der Waals surface area (Å²) >= 11 is 0. The Bertz CT molecular complexity index is 469. The Balaban J connectivity index is 2.76. The number of anilines is 1. The molecule has 0 aromatic heterocycles. The first-order chi connectivity index (χ1) is 7.97. The van der Waals surface area contributed by atoms with Crippen molar-refractivity contribution in [2.75, 3.05) is 24.7 Å². The molecule has 17 heavy (non-hydrogen) atoms. The molecular weight excluding hydrogens is 238 g/mol. The largest absolute Gasteiger partial charge is 0.398 e. The van der Waals surface area contributed by atoms with Crippen molar-refractivity contribution in [3.8, 4) is 0 Å². The topological polar surface area (TPSA) is 69.4 Å². The van der Waals surface area contributed by atoms with Crippen LogP contribution in [-0.4, -0.2) is 27.4 Å². The van der Waals surface area contributed by atoms with Gasteiger partial charge in [0, 0.05) is 6.61 Å². The van der Waals surface area contributed by atoms with Crippen LogP contribution in [0.25, 0.3) is 0 Å². The zero-order valence-electron chi connectivity index (χ0n) is 10.3. The van der Waals surface area contributed by atoms with Gasteiger partial charge in [0.05, 0.1) is 22.9 Å². The van der Waals surface area contributed by atoms with E-state index in [2.05, 4.69) is 0 Å². The molecule has 96 valence electrons. The fourth-order valence-corrected chi connectivity index (χ4v) is 2.73. The maximum absolute atomic E-state index is 12.0. The molecule has 0 saturated carbocycles. The lowest BCUT2D eigenvalue weighted by molar-refractivity contribution is 0.149. The molecule has 0 aliphatic heterocycles. The first-order valence-electron chi connectivity index (χ1n) is 5.64. The predicted octanol–water partition coefficient (Wildman–Crippen LogP) is 1.78. The fourth-order valence-electron chi connectivity index (χ4n) is 1.48. The van der Waals surface area contributed by atoms with Crippen molar-refractivity contribution in [1.82, 2.24) is 0 Å². The minimum atomic E-state index is -3.34. The van der Waals surface area contributed by atoms with E-state index in [0.29, 0.717) is 12.3 Å². The lowest BCUT2D eigenvalue weighted by atomic mass is 10.2. The van der Waals surface area contributed by atoms with Gasteiger partial charge in [-0.2, -0.15) is 0 Å². The quantitative estimate of drug-likeness (QED) is 0.623. The van der Waals surface area contributed by atoms with Crippen LogP contribution in [0.5, 0.6) is 0 Å². The highest BCUT2D eigenvalue weighted by atomic mass is 32.2. The fraction of sp³-hybridized carbons (Fsp3) is 0.500. The summed E-state index contributed by atoms with van der Waals surface area (Å²) in [6, 6.07) is 4.97. The van der Waals surface area contributed by atoms with Gasteiger partial charge in [-0.1, -0.05) is 13.0 Å². The van der Waals surface area contributed by atoms with Gasteiger partial charge in [-0.05, 0) is 31.0 Å². The van der Waals surface area contributed by atoms with Crippen LogP contribution in [0.3, 0.4) is 0 Å². The van der Waals surface area contributed by atoms with Gasteiger partial charge < -0.3 is 10.5 Å². The van der Waals surface area contributed by atoms with Gasteiger partial charge >= 0.3 is 0 Å². The Morgan fingerprint density at radius 3 is 2.59 bits per heavy atom. The van der Waals surface area contributed by atoms with Gasteiger partial charge in [-0.3, -0.25) is 0 Å². The molecule has 5 heteroatoms. The summed E-state index contributed by atoms with van der Waals surface area (Å²) in [5.74, 6) is -0.0275. The van der Waals surface area contributed by atoms with Crippen LogP contribution >= 0.6 is 0 Å². The van der Waals surface area contributed by atoms with Gasteiger partial charge in [-0.25, -0.2) is 8.42 Å². The van der Waals surface area contributed by atoms with Crippen LogP contribution < -0.4 is 5.73 Å². The van der Waals surface area contributed by atoms with Crippen molar-refractivity contribution >= 4 is 15.5 Å². The summed E-state index contributed by atoms with van der Waals surface area (Å²) < 4.78 is 29.1. The number of sulfone groups is 1. The van der Waals surface area contributed by atoms with Crippen LogP contribution in [0.1, 0.15) is 18.9 Å². The average Bonchev–Trinajstić information content (AvgIpc) is 2.24. The highest BCUT2D eigenvalue weighted by molar-refractivity contribution is 7.91. The van der Waals surface area contributed by atoms with Gasteiger partial charge in [-0.15, -0.1) is 0 Å². The zero-order chi connectivity index (χ0) is 12.9. The molecule has 0 unspecified atom stereocenters. The lowest BCUT2D eigenvalue weighted by Crippen LogP contribution is -2.14. The number of benzene rings is 1. The van der Waals surface area contributed by atoms with E-state index in [-0.39, 0.29) is 17.3 Å². The minimum Gasteiger partial charge on any atom is -0.398 e. The second-order valence-electron chi connectivity index (χ2n) is 3.97. The van der Waals surface area contributed by atoms with E-state index in [4.69, 9.17) is 10.5 Å². The van der Waals surface area contributed by atoms with E-state index in [0.717, 1.165) is 12.0 Å². The van der Waals surface area contributed by atoms with Crippen LogP contribution in [0.2, 0.25) is 0 Å². The molecule has 0 radical (unpaired) electrons. The van der Waals surface area contributed by atoms with E-state index in [1.165, 1.54) is 0 Å². The number of rotatable bonds is 6. The standard InChI is InChI=1S/C12H19NO3S/c1-3-6-16-7-8-17(14,15)12-5-4-10(2)9-11(12)13/h4-5,9H,3,6-8,13H2,1-2H3.